The Morgan fingerprint density at radius 2 is 1.15 bits per heavy atom. The first-order valence-corrected chi connectivity index (χ1v) is 27.2. The Bertz CT molecular complexity index is 3830. The topological polar surface area (TPSA) is 230 Å². The largest absolute Gasteiger partial charge is 0.444 e. The van der Waals surface area contributed by atoms with E-state index in [0.717, 1.165) is 90.5 Å². The number of urea groups is 1. The maximum Gasteiger partial charge on any atom is 0.409 e. The van der Waals surface area contributed by atoms with Gasteiger partial charge in [-0.2, -0.15) is 4.99 Å². The fourth-order valence-corrected chi connectivity index (χ4v) is 11.4. The lowest BCUT2D eigenvalue weighted by Gasteiger charge is -2.47. The predicted molar refractivity (Wildman–Crippen MR) is 307 cm³/mol. The summed E-state index contributed by atoms with van der Waals surface area (Å²) in [6.07, 6.45) is 14.8. The highest BCUT2D eigenvalue weighted by molar-refractivity contribution is 6.11. The van der Waals surface area contributed by atoms with Crippen molar-refractivity contribution in [2.75, 3.05) is 36.0 Å². The lowest BCUT2D eigenvalue weighted by molar-refractivity contribution is -0.128. The molecule has 8 heterocycles. The quantitative estimate of drug-likeness (QED) is 0.0605. The van der Waals surface area contributed by atoms with Crippen molar-refractivity contribution in [2.45, 2.75) is 87.3 Å². The van der Waals surface area contributed by atoms with Crippen LogP contribution in [0.25, 0.3) is 43.8 Å². The molecule has 0 bridgehead atoms. The summed E-state index contributed by atoms with van der Waals surface area (Å²) in [6.45, 7) is 8.14. The molecule has 2 aliphatic carbocycles. The molecule has 4 aromatic heterocycles. The number of fused-ring (bicyclic) bond motifs is 6. The van der Waals surface area contributed by atoms with Crippen molar-refractivity contribution in [1.29, 1.82) is 0 Å². The van der Waals surface area contributed by atoms with Crippen molar-refractivity contribution in [3.8, 4) is 22.3 Å². The minimum atomic E-state index is -0.745. The van der Waals surface area contributed by atoms with Gasteiger partial charge in [-0.1, -0.05) is 97.1 Å². The number of hydrogen-bond acceptors (Lipinski definition) is 13. The number of carbonyl (C=O) groups is 4. The van der Waals surface area contributed by atoms with Gasteiger partial charge in [0.25, 0.3) is 0 Å². The van der Waals surface area contributed by atoms with E-state index in [4.69, 9.17) is 20.4 Å². The molecule has 0 unspecified atom stereocenters. The maximum atomic E-state index is 14.1. The number of aliphatic imine (C=N–C) groups is 1. The zero-order valence-corrected chi connectivity index (χ0v) is 45.2. The summed E-state index contributed by atoms with van der Waals surface area (Å²) in [5.41, 5.74) is 12.7. The number of carbonyl (C=O) groups excluding carboxylic acids is 5. The Morgan fingerprint density at radius 1 is 0.654 bits per heavy atom. The van der Waals surface area contributed by atoms with Gasteiger partial charge >= 0.3 is 12.1 Å². The molecular weight excluding hydrogens is 1020 g/mol. The van der Waals surface area contributed by atoms with Gasteiger partial charge in [0.15, 0.2) is 0 Å². The van der Waals surface area contributed by atoms with Crippen LogP contribution < -0.4 is 31.5 Å². The van der Waals surface area contributed by atoms with Crippen molar-refractivity contribution in [3.63, 3.8) is 0 Å². The lowest BCUT2D eigenvalue weighted by atomic mass is 9.75. The van der Waals surface area contributed by atoms with Crippen LogP contribution in [0.5, 0.6) is 0 Å². The van der Waals surface area contributed by atoms with Crippen LogP contribution in [-0.2, 0) is 43.0 Å². The van der Waals surface area contributed by atoms with Gasteiger partial charge in [0.1, 0.15) is 22.1 Å². The highest BCUT2D eigenvalue weighted by atomic mass is 16.6. The smallest absolute Gasteiger partial charge is 0.409 e. The normalized spacial score (nSPS) is 17.8. The van der Waals surface area contributed by atoms with Gasteiger partial charge in [-0.3, -0.25) is 34.8 Å². The number of ether oxygens (including phenoxy) is 1. The number of anilines is 2. The first-order chi connectivity index (χ1) is 39.1. The van der Waals surface area contributed by atoms with Crippen LogP contribution in [-0.4, -0.2) is 98.0 Å². The minimum Gasteiger partial charge on any atom is -0.444 e. The number of likely N-dealkylation sites (tertiary alicyclic amines) is 1. The second-order valence-electron chi connectivity index (χ2n) is 22.7. The average molecular weight is 1080 g/mol. The maximum absolute atomic E-state index is 14.1. The summed E-state index contributed by atoms with van der Waals surface area (Å²) in [7, 11) is 0. The Morgan fingerprint density at radius 3 is 1.60 bits per heavy atom. The summed E-state index contributed by atoms with van der Waals surface area (Å²) in [5.74, 6) is 0.160. The third-order valence-electron chi connectivity index (χ3n) is 15.9. The van der Waals surface area contributed by atoms with Crippen LogP contribution >= 0.6 is 0 Å². The highest BCUT2D eigenvalue weighted by Crippen LogP contribution is 2.49. The first-order valence-electron chi connectivity index (χ1n) is 27.2. The molecule has 18 heteroatoms. The van der Waals surface area contributed by atoms with Gasteiger partial charge in [0.2, 0.25) is 17.9 Å². The molecule has 4 aliphatic heterocycles. The molecule has 4 aromatic carbocycles. The summed E-state index contributed by atoms with van der Waals surface area (Å²) >= 11 is 0. The van der Waals surface area contributed by atoms with Crippen molar-refractivity contribution < 1.29 is 28.7 Å². The number of benzene rings is 4. The molecule has 2 saturated heterocycles. The molecule has 5 amide bonds. The zero-order chi connectivity index (χ0) is 56.2. The monoisotopic (exact) mass is 1080 g/mol. The molecule has 6 aliphatic rings. The number of pyridine rings is 4. The summed E-state index contributed by atoms with van der Waals surface area (Å²) in [4.78, 5) is 88.8. The second kappa shape index (κ2) is 20.5. The van der Waals surface area contributed by atoms with E-state index in [1.165, 1.54) is 6.08 Å². The van der Waals surface area contributed by atoms with Crippen LogP contribution in [0.4, 0.5) is 21.0 Å². The lowest BCUT2D eigenvalue weighted by Crippen LogP contribution is -2.68. The summed E-state index contributed by atoms with van der Waals surface area (Å²) < 4.78 is 5.02. The number of hydrogen-bond donors (Lipinski definition) is 4. The molecule has 18 nitrogen and oxygen atoms in total. The number of isocyanates is 1. The van der Waals surface area contributed by atoms with Gasteiger partial charge in [-0.25, -0.2) is 14.4 Å². The first kappa shape index (κ1) is 52.5. The van der Waals surface area contributed by atoms with Crippen molar-refractivity contribution in [1.82, 2.24) is 40.8 Å². The molecule has 2 saturated carbocycles. The molecule has 0 radical (unpaired) electrons. The summed E-state index contributed by atoms with van der Waals surface area (Å²) in [5, 5.41) is 13.0. The molecular formula is C63H60N12O6. The SMILES string of the molecule is CC(C)(C)OC(=O)NC1(N=C=O)CC1.NC1(NC(=O)N2CC3(C2)C(=O)N(Cc2ncc4ccccc4c2-c2cccnc2)c2ccccc23)CC1.O=C1N(Cc2ncc3ccccc3c2-c2cccnc2)c2ccccc2C12CNC2. The van der Waals surface area contributed by atoms with E-state index in [-0.39, 0.29) is 17.8 Å². The second-order valence-corrected chi connectivity index (χ2v) is 22.7. The third-order valence-corrected chi connectivity index (χ3v) is 15.9. The number of amides is 5. The van der Waals surface area contributed by atoms with Crippen molar-refractivity contribution in [2.24, 2.45) is 10.7 Å². The fourth-order valence-electron chi connectivity index (χ4n) is 11.4. The molecule has 2 spiro atoms. The van der Waals surface area contributed by atoms with Crippen molar-refractivity contribution >= 4 is 62.9 Å². The van der Waals surface area contributed by atoms with Crippen LogP contribution in [0.15, 0.2) is 164 Å². The zero-order valence-electron chi connectivity index (χ0n) is 45.2. The fraction of sp³-hybridized carbons (Fsp3) is 0.286. The molecule has 4 fully saturated rings. The number of para-hydroxylation sites is 2. The minimum absolute atomic E-state index is 0.00118. The number of nitrogens with zero attached hydrogens (tertiary/aromatic N) is 8. The van der Waals surface area contributed by atoms with E-state index in [1.54, 1.807) is 38.1 Å². The van der Waals surface area contributed by atoms with Gasteiger partial charge in [-0.15, -0.1) is 0 Å². The molecule has 408 valence electrons. The van der Waals surface area contributed by atoms with Crippen LogP contribution in [0.1, 0.15) is 69.0 Å². The Hall–Kier alpha value is -9.22. The van der Waals surface area contributed by atoms with E-state index < -0.39 is 33.8 Å². The van der Waals surface area contributed by atoms with Gasteiger partial charge < -0.3 is 35.8 Å². The van der Waals surface area contributed by atoms with Crippen molar-refractivity contribution in [3.05, 3.63) is 181 Å². The predicted octanol–water partition coefficient (Wildman–Crippen LogP) is 8.58. The van der Waals surface area contributed by atoms with E-state index in [1.807, 2.05) is 126 Å². The number of aromatic nitrogens is 4. The Kier molecular flexibility index (Phi) is 13.3. The number of rotatable bonds is 9. The summed E-state index contributed by atoms with van der Waals surface area (Å²) in [6, 6.07) is 40.1. The third kappa shape index (κ3) is 9.91. The van der Waals surface area contributed by atoms with E-state index in [0.29, 0.717) is 52.1 Å². The Labute approximate surface area is 467 Å². The van der Waals surface area contributed by atoms with Crippen LogP contribution in [0.3, 0.4) is 0 Å². The average Bonchev–Trinajstić information content (AvgIpc) is 4.49. The van der Waals surface area contributed by atoms with E-state index in [9.17, 15) is 24.0 Å². The Balaban J connectivity index is 0.000000133. The van der Waals surface area contributed by atoms with Gasteiger partial charge in [0.05, 0.1) is 30.1 Å². The molecule has 0 atom stereocenters. The van der Waals surface area contributed by atoms with Gasteiger partial charge in [0, 0.05) is 108 Å². The number of nitrogens with two attached hydrogens (primary N) is 1. The highest BCUT2D eigenvalue weighted by Gasteiger charge is 2.60. The van der Waals surface area contributed by atoms with Crippen LogP contribution in [0, 0.1) is 0 Å². The molecule has 14 rings (SSSR count). The molecule has 81 heavy (non-hydrogen) atoms. The van der Waals surface area contributed by atoms with E-state index >= 15 is 0 Å². The van der Waals surface area contributed by atoms with Crippen LogP contribution in [0.2, 0.25) is 0 Å². The molecule has 5 N–H and O–H groups in total. The standard InChI is InChI=1S/C29H26N6O2.C25H20N4O.C9H14N2O3/c30-29(11-12-29)33-27(37)34-17-28(18-34)22-9-3-4-10-24(22)35(26(28)36)16-23-25(20-7-5-13-31-14-20)21-8-2-1-6-19(21)15-32-23;30-24-25(15-27-16-25)20-9-3-4-10-22(20)29(24)14-21-23(18-7-5-11-26-12-18)19-8-2-1-6-17(19)13-28-21;1-8(2,3)14-7(13)11-9(4-5-9)10-6-12/h1-10,13-15H,11-12,16-18,30H2,(H,33,37);1-13,27H,14-16H2;4-5H2,1-3H3,(H,11,13). The number of nitrogens with one attached hydrogen (secondary N) is 3. The molecule has 8 aromatic rings. The van der Waals surface area contributed by atoms with Gasteiger partial charge in [-0.05, 0) is 92.6 Å². The number of alkyl carbamates (subject to hydrolysis) is 1. The van der Waals surface area contributed by atoms with E-state index in [2.05, 4.69) is 61.2 Å².